The fraction of sp³-hybridized carbons (Fsp3) is 0.579. The topological polar surface area (TPSA) is 55.5 Å². The van der Waals surface area contributed by atoms with Crippen molar-refractivity contribution in [2.45, 2.75) is 18.9 Å². The van der Waals surface area contributed by atoms with E-state index >= 15 is 0 Å². The molecular weight excluding hydrogens is 346 g/mol. The van der Waals surface area contributed by atoms with E-state index in [2.05, 4.69) is 43.1 Å². The Morgan fingerprint density at radius 2 is 1.88 bits per heavy atom. The lowest BCUT2D eigenvalue weighted by Gasteiger charge is -2.31. The molecular formula is C19H25N5OS. The first kappa shape index (κ1) is 16.4. The van der Waals surface area contributed by atoms with Crippen molar-refractivity contribution >= 4 is 34.3 Å². The summed E-state index contributed by atoms with van der Waals surface area (Å²) >= 11 is 2.01. The lowest BCUT2D eigenvalue weighted by molar-refractivity contribution is 0.0681. The molecule has 4 aliphatic rings. The van der Waals surface area contributed by atoms with Gasteiger partial charge in [-0.2, -0.15) is 16.9 Å². The molecule has 0 saturated carbocycles. The fourth-order valence-electron chi connectivity index (χ4n) is 4.48. The number of hydrogen-bond donors (Lipinski definition) is 1. The van der Waals surface area contributed by atoms with Crippen LogP contribution in [0.4, 0.5) is 5.69 Å². The molecule has 0 unspecified atom stereocenters. The number of carbonyl (C=O) groups excluding carboxylic acids is 1. The van der Waals surface area contributed by atoms with Crippen LogP contribution in [0.3, 0.4) is 0 Å². The largest absolute Gasteiger partial charge is 0.370 e. The number of benzene rings is 1. The van der Waals surface area contributed by atoms with Crippen molar-refractivity contribution in [1.29, 1.82) is 0 Å². The van der Waals surface area contributed by atoms with Gasteiger partial charge in [-0.25, -0.2) is 0 Å². The zero-order valence-corrected chi connectivity index (χ0v) is 15.8. The van der Waals surface area contributed by atoms with Gasteiger partial charge in [0.1, 0.15) is 0 Å². The number of anilines is 1. The second-order valence-electron chi connectivity index (χ2n) is 7.47. The number of nitrogens with zero attached hydrogens (tertiary/aromatic N) is 4. The van der Waals surface area contributed by atoms with E-state index in [-0.39, 0.29) is 5.91 Å². The van der Waals surface area contributed by atoms with Crippen molar-refractivity contribution in [1.82, 2.24) is 20.0 Å². The van der Waals surface area contributed by atoms with Gasteiger partial charge < -0.3 is 14.7 Å². The van der Waals surface area contributed by atoms with Gasteiger partial charge in [-0.1, -0.05) is 0 Å². The molecule has 6 rings (SSSR count). The molecule has 0 spiro atoms. The zero-order chi connectivity index (χ0) is 17.5. The molecule has 2 bridgehead atoms. The summed E-state index contributed by atoms with van der Waals surface area (Å²) in [4.78, 5) is 20.2. The minimum Gasteiger partial charge on any atom is -0.370 e. The van der Waals surface area contributed by atoms with Crippen LogP contribution in [0, 0.1) is 0 Å². The Bertz CT molecular complexity index is 807. The molecule has 1 N–H and O–H groups in total. The van der Waals surface area contributed by atoms with Gasteiger partial charge in [-0.05, 0) is 31.0 Å². The van der Waals surface area contributed by atoms with E-state index in [9.17, 15) is 4.79 Å². The van der Waals surface area contributed by atoms with Crippen LogP contribution in [0.25, 0.3) is 10.9 Å². The average molecular weight is 372 g/mol. The molecule has 5 heterocycles. The Morgan fingerprint density at radius 1 is 1.08 bits per heavy atom. The van der Waals surface area contributed by atoms with Crippen molar-refractivity contribution < 1.29 is 4.79 Å². The minimum absolute atomic E-state index is 0.0899. The molecule has 0 radical (unpaired) electrons. The first-order chi connectivity index (χ1) is 12.8. The minimum atomic E-state index is 0.0899. The van der Waals surface area contributed by atoms with Crippen molar-refractivity contribution in [3.05, 3.63) is 23.9 Å². The van der Waals surface area contributed by atoms with Crippen LogP contribution in [-0.2, 0) is 0 Å². The van der Waals surface area contributed by atoms with Crippen molar-refractivity contribution in [3.63, 3.8) is 0 Å². The van der Waals surface area contributed by atoms with Crippen LogP contribution >= 0.6 is 11.8 Å². The molecule has 7 heteroatoms. The Balaban J connectivity index is 1.42. The molecule has 6 nitrogen and oxygen atoms in total. The van der Waals surface area contributed by atoms with Crippen LogP contribution in [0.2, 0.25) is 0 Å². The summed E-state index contributed by atoms with van der Waals surface area (Å²) in [6.07, 6.45) is 2.18. The van der Waals surface area contributed by atoms with Gasteiger partial charge in [0.2, 0.25) is 0 Å². The summed E-state index contributed by atoms with van der Waals surface area (Å²) in [5.74, 6) is 2.45. The van der Waals surface area contributed by atoms with Gasteiger partial charge in [0.25, 0.3) is 5.91 Å². The van der Waals surface area contributed by atoms with Gasteiger partial charge in [0, 0.05) is 67.9 Å². The molecule has 1 amide bonds. The molecule has 138 valence electrons. The normalized spacial score (nSPS) is 26.3. The van der Waals surface area contributed by atoms with Crippen LogP contribution in [-0.4, -0.2) is 82.7 Å². The standard InChI is InChI=1S/C19H25N5OS/c25-19(24-8-7-22-5-3-14(24)4-6-22)18-16-2-1-15(13-17(16)20-21-18)23-9-11-26-12-10-23/h1-2,13-14H,3-12H2,(H,20,21). The van der Waals surface area contributed by atoms with Crippen LogP contribution in [0.1, 0.15) is 23.3 Å². The van der Waals surface area contributed by atoms with Crippen LogP contribution < -0.4 is 4.90 Å². The van der Waals surface area contributed by atoms with Gasteiger partial charge in [-0.15, -0.1) is 0 Å². The van der Waals surface area contributed by atoms with E-state index in [1.165, 1.54) is 17.2 Å². The van der Waals surface area contributed by atoms with E-state index in [1.807, 2.05) is 11.8 Å². The number of aromatic nitrogens is 2. The van der Waals surface area contributed by atoms with Crippen LogP contribution in [0.5, 0.6) is 0 Å². The molecule has 4 aliphatic heterocycles. The average Bonchev–Trinajstić information content (AvgIpc) is 2.88. The molecule has 4 fully saturated rings. The van der Waals surface area contributed by atoms with Crippen LogP contribution in [0.15, 0.2) is 18.2 Å². The van der Waals surface area contributed by atoms with Crippen molar-refractivity contribution in [2.75, 3.05) is 55.7 Å². The molecule has 26 heavy (non-hydrogen) atoms. The van der Waals surface area contributed by atoms with E-state index in [4.69, 9.17) is 0 Å². The number of amides is 1. The highest BCUT2D eigenvalue weighted by atomic mass is 32.2. The second-order valence-corrected chi connectivity index (χ2v) is 8.70. The SMILES string of the molecule is O=C(c1n[nH]c2cc(N3CCSCC3)ccc12)N1CCN2CCC1CC2. The van der Waals surface area contributed by atoms with E-state index in [1.54, 1.807) is 0 Å². The van der Waals surface area contributed by atoms with Gasteiger partial charge in [-0.3, -0.25) is 9.89 Å². The van der Waals surface area contributed by atoms with Crippen molar-refractivity contribution in [2.24, 2.45) is 0 Å². The number of aromatic amines is 1. The van der Waals surface area contributed by atoms with E-state index in [0.29, 0.717) is 11.7 Å². The lowest BCUT2D eigenvalue weighted by atomic mass is 10.0. The van der Waals surface area contributed by atoms with Crippen molar-refractivity contribution in [3.8, 4) is 0 Å². The Morgan fingerprint density at radius 3 is 2.69 bits per heavy atom. The fourth-order valence-corrected chi connectivity index (χ4v) is 5.38. The maximum atomic E-state index is 13.2. The highest BCUT2D eigenvalue weighted by molar-refractivity contribution is 7.99. The predicted molar refractivity (Wildman–Crippen MR) is 106 cm³/mol. The third-order valence-electron chi connectivity index (χ3n) is 6.04. The number of carbonyl (C=O) groups is 1. The smallest absolute Gasteiger partial charge is 0.275 e. The van der Waals surface area contributed by atoms with Gasteiger partial charge in [0.05, 0.1) is 5.52 Å². The molecule has 0 atom stereocenters. The number of nitrogens with one attached hydrogen (secondary N) is 1. The van der Waals surface area contributed by atoms with E-state index < -0.39 is 0 Å². The zero-order valence-electron chi connectivity index (χ0n) is 15.0. The Kier molecular flexibility index (Phi) is 4.29. The maximum Gasteiger partial charge on any atom is 0.275 e. The summed E-state index contributed by atoms with van der Waals surface area (Å²) in [6, 6.07) is 6.74. The molecule has 1 aromatic carbocycles. The Labute approximate surface area is 157 Å². The summed E-state index contributed by atoms with van der Waals surface area (Å²) < 4.78 is 0. The number of H-pyrrole nitrogens is 1. The number of hydrogen-bond acceptors (Lipinski definition) is 5. The Hall–Kier alpha value is -1.73. The lowest BCUT2D eigenvalue weighted by Crippen LogP contribution is -2.41. The quantitative estimate of drug-likeness (QED) is 0.876. The summed E-state index contributed by atoms with van der Waals surface area (Å²) in [7, 11) is 0. The third-order valence-corrected chi connectivity index (χ3v) is 6.98. The number of piperidine rings is 1. The van der Waals surface area contributed by atoms with Gasteiger partial charge >= 0.3 is 0 Å². The summed E-state index contributed by atoms with van der Waals surface area (Å²) in [5.41, 5.74) is 2.77. The van der Waals surface area contributed by atoms with E-state index in [0.717, 1.165) is 63.0 Å². The first-order valence-electron chi connectivity index (χ1n) is 9.64. The maximum absolute atomic E-state index is 13.2. The highest BCUT2D eigenvalue weighted by Gasteiger charge is 2.33. The number of rotatable bonds is 2. The number of thioether (sulfide) groups is 1. The monoisotopic (exact) mass is 371 g/mol. The second kappa shape index (κ2) is 6.78. The summed E-state index contributed by atoms with van der Waals surface area (Å²) in [6.45, 7) is 6.22. The highest BCUT2D eigenvalue weighted by Crippen LogP contribution is 2.28. The molecule has 2 aromatic rings. The predicted octanol–water partition coefficient (Wildman–Crippen LogP) is 2.04. The first-order valence-corrected chi connectivity index (χ1v) is 10.8. The molecule has 0 aliphatic carbocycles. The number of fused-ring (bicyclic) bond motifs is 5. The third kappa shape index (κ3) is 2.87. The molecule has 4 saturated heterocycles. The molecule has 1 aromatic heterocycles. The van der Waals surface area contributed by atoms with Gasteiger partial charge in [0.15, 0.2) is 5.69 Å². The summed E-state index contributed by atoms with van der Waals surface area (Å²) in [5, 5.41) is 8.47.